The second-order valence-electron chi connectivity index (χ2n) is 8.94. The Kier molecular flexibility index (Phi) is 6.21. The SMILES string of the molecule is CC(C)CCNc1ncc(CN2CC=C(c3ccccc3)CC2)c2nc(-c3ccco3)nn12. The van der Waals surface area contributed by atoms with Gasteiger partial charge in [-0.2, -0.15) is 4.52 Å². The van der Waals surface area contributed by atoms with E-state index in [0.717, 1.165) is 50.2 Å². The lowest BCUT2D eigenvalue weighted by molar-refractivity contribution is 0.294. The lowest BCUT2D eigenvalue weighted by Gasteiger charge is -2.26. The van der Waals surface area contributed by atoms with Gasteiger partial charge in [-0.15, -0.1) is 5.10 Å². The van der Waals surface area contributed by atoms with Gasteiger partial charge in [0.05, 0.1) is 6.26 Å². The summed E-state index contributed by atoms with van der Waals surface area (Å²) in [5, 5.41) is 8.14. The van der Waals surface area contributed by atoms with Crippen molar-refractivity contribution in [1.29, 1.82) is 0 Å². The first-order valence-electron chi connectivity index (χ1n) is 11.7. The molecule has 3 aromatic heterocycles. The van der Waals surface area contributed by atoms with Crippen LogP contribution in [0.15, 0.2) is 65.4 Å². The summed E-state index contributed by atoms with van der Waals surface area (Å²) in [4.78, 5) is 12.0. The topological polar surface area (TPSA) is 71.5 Å². The van der Waals surface area contributed by atoms with E-state index >= 15 is 0 Å². The molecule has 33 heavy (non-hydrogen) atoms. The highest BCUT2D eigenvalue weighted by molar-refractivity contribution is 5.66. The minimum absolute atomic E-state index is 0.575. The summed E-state index contributed by atoms with van der Waals surface area (Å²) in [5.41, 5.74) is 4.62. The Morgan fingerprint density at radius 3 is 2.73 bits per heavy atom. The Morgan fingerprint density at radius 2 is 2.00 bits per heavy atom. The molecule has 0 radical (unpaired) electrons. The molecule has 0 unspecified atom stereocenters. The van der Waals surface area contributed by atoms with Crippen LogP contribution in [0, 0.1) is 5.92 Å². The number of anilines is 1. The zero-order chi connectivity index (χ0) is 22.6. The van der Waals surface area contributed by atoms with E-state index < -0.39 is 0 Å². The first-order valence-corrected chi connectivity index (χ1v) is 11.7. The Morgan fingerprint density at radius 1 is 1.12 bits per heavy atom. The molecule has 0 atom stereocenters. The summed E-state index contributed by atoms with van der Waals surface area (Å²) in [6.07, 6.45) is 8.02. The van der Waals surface area contributed by atoms with Crippen LogP contribution in [0.2, 0.25) is 0 Å². The monoisotopic (exact) mass is 442 g/mol. The van der Waals surface area contributed by atoms with Gasteiger partial charge in [0, 0.05) is 37.9 Å². The van der Waals surface area contributed by atoms with Crippen LogP contribution >= 0.6 is 0 Å². The number of nitrogens with zero attached hydrogens (tertiary/aromatic N) is 5. The molecule has 0 saturated carbocycles. The van der Waals surface area contributed by atoms with Crippen molar-refractivity contribution in [1.82, 2.24) is 24.5 Å². The fourth-order valence-electron chi connectivity index (χ4n) is 4.14. The van der Waals surface area contributed by atoms with Crippen LogP contribution in [0.4, 0.5) is 5.95 Å². The molecule has 7 heteroatoms. The molecule has 0 fully saturated rings. The Bertz CT molecular complexity index is 1230. The number of benzene rings is 1. The molecule has 0 aliphatic carbocycles. The molecule has 1 N–H and O–H groups in total. The van der Waals surface area contributed by atoms with Gasteiger partial charge in [0.15, 0.2) is 11.4 Å². The predicted octanol–water partition coefficient (Wildman–Crippen LogP) is 5.13. The van der Waals surface area contributed by atoms with Crippen LogP contribution in [0.3, 0.4) is 0 Å². The first-order chi connectivity index (χ1) is 16.2. The highest BCUT2D eigenvalue weighted by Crippen LogP contribution is 2.25. The Hall–Kier alpha value is -3.45. The number of hydrogen-bond acceptors (Lipinski definition) is 6. The molecule has 1 aromatic carbocycles. The van der Waals surface area contributed by atoms with Crippen molar-refractivity contribution in [2.24, 2.45) is 5.92 Å². The summed E-state index contributed by atoms with van der Waals surface area (Å²) in [5.74, 6) is 2.57. The lowest BCUT2D eigenvalue weighted by atomic mass is 9.99. The predicted molar refractivity (Wildman–Crippen MR) is 131 cm³/mol. The molecule has 0 bridgehead atoms. The van der Waals surface area contributed by atoms with Crippen molar-refractivity contribution >= 4 is 17.2 Å². The summed E-state index contributed by atoms with van der Waals surface area (Å²) >= 11 is 0. The Balaban J connectivity index is 1.39. The van der Waals surface area contributed by atoms with Crippen molar-refractivity contribution < 1.29 is 4.42 Å². The summed E-state index contributed by atoms with van der Waals surface area (Å²) in [6, 6.07) is 14.4. The largest absolute Gasteiger partial charge is 0.461 e. The average Bonchev–Trinajstić information content (AvgIpc) is 3.52. The number of nitrogens with one attached hydrogen (secondary N) is 1. The number of fused-ring (bicyclic) bond motifs is 1. The molecule has 7 nitrogen and oxygen atoms in total. The zero-order valence-electron chi connectivity index (χ0n) is 19.2. The molecular weight excluding hydrogens is 412 g/mol. The molecule has 170 valence electrons. The quantitative estimate of drug-likeness (QED) is 0.408. The van der Waals surface area contributed by atoms with E-state index in [0.29, 0.717) is 23.5 Å². The summed E-state index contributed by atoms with van der Waals surface area (Å²) in [7, 11) is 0. The second-order valence-corrected chi connectivity index (χ2v) is 8.94. The van der Waals surface area contributed by atoms with Gasteiger partial charge >= 0.3 is 0 Å². The number of furan rings is 1. The normalized spacial score (nSPS) is 14.7. The smallest absolute Gasteiger partial charge is 0.225 e. The third-order valence-electron chi connectivity index (χ3n) is 6.02. The van der Waals surface area contributed by atoms with Crippen molar-refractivity contribution in [3.63, 3.8) is 0 Å². The average molecular weight is 443 g/mol. The molecule has 1 aliphatic rings. The summed E-state index contributed by atoms with van der Waals surface area (Å²) in [6.45, 7) is 7.96. The van der Waals surface area contributed by atoms with E-state index in [1.54, 1.807) is 6.26 Å². The van der Waals surface area contributed by atoms with Crippen LogP contribution in [-0.2, 0) is 6.54 Å². The van der Waals surface area contributed by atoms with E-state index in [9.17, 15) is 0 Å². The Labute approximate surface area is 194 Å². The van der Waals surface area contributed by atoms with Gasteiger partial charge in [0.1, 0.15) is 0 Å². The minimum Gasteiger partial charge on any atom is -0.461 e. The highest BCUT2D eigenvalue weighted by Gasteiger charge is 2.19. The molecule has 0 amide bonds. The maximum atomic E-state index is 5.55. The van der Waals surface area contributed by atoms with Gasteiger partial charge in [-0.05, 0) is 42.0 Å². The fourth-order valence-corrected chi connectivity index (χ4v) is 4.14. The molecule has 5 rings (SSSR count). The van der Waals surface area contributed by atoms with E-state index in [-0.39, 0.29) is 0 Å². The third-order valence-corrected chi connectivity index (χ3v) is 6.02. The van der Waals surface area contributed by atoms with E-state index in [1.807, 2.05) is 22.8 Å². The fraction of sp³-hybridized carbons (Fsp3) is 0.346. The highest BCUT2D eigenvalue weighted by atomic mass is 16.3. The van der Waals surface area contributed by atoms with E-state index in [1.165, 1.54) is 11.1 Å². The van der Waals surface area contributed by atoms with Crippen molar-refractivity contribution in [2.45, 2.75) is 33.2 Å². The van der Waals surface area contributed by atoms with Crippen LogP contribution in [0.25, 0.3) is 22.8 Å². The molecule has 4 aromatic rings. The third kappa shape index (κ3) is 4.83. The van der Waals surface area contributed by atoms with Crippen LogP contribution in [-0.4, -0.2) is 44.1 Å². The van der Waals surface area contributed by atoms with Crippen LogP contribution < -0.4 is 5.32 Å². The van der Waals surface area contributed by atoms with Gasteiger partial charge in [-0.1, -0.05) is 50.3 Å². The number of rotatable bonds is 8. The van der Waals surface area contributed by atoms with Gasteiger partial charge in [-0.25, -0.2) is 9.97 Å². The van der Waals surface area contributed by atoms with Crippen molar-refractivity contribution in [3.8, 4) is 11.6 Å². The molecule has 0 spiro atoms. The lowest BCUT2D eigenvalue weighted by Crippen LogP contribution is -2.28. The van der Waals surface area contributed by atoms with E-state index in [2.05, 4.69) is 60.5 Å². The zero-order valence-corrected chi connectivity index (χ0v) is 19.2. The van der Waals surface area contributed by atoms with Crippen LogP contribution in [0.5, 0.6) is 0 Å². The van der Waals surface area contributed by atoms with Crippen molar-refractivity contribution in [2.75, 3.05) is 25.0 Å². The molecule has 4 heterocycles. The first kappa shape index (κ1) is 21.4. The number of hydrogen-bond donors (Lipinski definition) is 1. The summed E-state index contributed by atoms with van der Waals surface area (Å²) < 4.78 is 7.37. The standard InChI is InChI=1S/C26H30N6O/c1-19(2)10-13-27-26-28-17-22(25-29-24(30-32(25)26)23-9-6-16-33-23)18-31-14-11-21(12-15-31)20-7-4-3-5-8-20/h3-9,11,16-17,19H,10,12-15,18H2,1-2H3,(H,27,28). The maximum absolute atomic E-state index is 5.55. The molecular formula is C26H30N6O. The maximum Gasteiger partial charge on any atom is 0.225 e. The number of aromatic nitrogens is 4. The van der Waals surface area contributed by atoms with Gasteiger partial charge < -0.3 is 9.73 Å². The molecule has 1 aliphatic heterocycles. The minimum atomic E-state index is 0.575. The second kappa shape index (κ2) is 9.58. The van der Waals surface area contributed by atoms with E-state index in [4.69, 9.17) is 19.5 Å². The van der Waals surface area contributed by atoms with Crippen molar-refractivity contribution in [3.05, 3.63) is 72.1 Å². The molecule has 0 saturated heterocycles. The van der Waals surface area contributed by atoms with Gasteiger partial charge in [0.2, 0.25) is 11.8 Å². The van der Waals surface area contributed by atoms with Gasteiger partial charge in [-0.3, -0.25) is 4.90 Å². The van der Waals surface area contributed by atoms with Gasteiger partial charge in [0.25, 0.3) is 0 Å². The van der Waals surface area contributed by atoms with Crippen LogP contribution in [0.1, 0.15) is 37.8 Å².